The lowest BCUT2D eigenvalue weighted by Gasteiger charge is -2.07. The van der Waals surface area contributed by atoms with Gasteiger partial charge in [-0.3, -0.25) is 9.59 Å². The molecule has 0 unspecified atom stereocenters. The molecule has 0 amide bonds. The van der Waals surface area contributed by atoms with Gasteiger partial charge < -0.3 is 10.2 Å². The van der Waals surface area contributed by atoms with Gasteiger partial charge in [-0.15, -0.1) is 11.3 Å². The van der Waals surface area contributed by atoms with E-state index in [1.54, 1.807) is 18.3 Å². The molecule has 0 aliphatic rings. The number of hydrogen-bond donors (Lipinski definition) is 2. The summed E-state index contributed by atoms with van der Waals surface area (Å²) in [6.45, 7) is 0. The second-order valence-electron chi connectivity index (χ2n) is 3.97. The molecule has 2 aromatic rings. The van der Waals surface area contributed by atoms with Crippen LogP contribution in [-0.2, 0) is 16.0 Å². The molecular weight excluding hydrogens is 266 g/mol. The maximum atomic E-state index is 10.8. The van der Waals surface area contributed by atoms with Gasteiger partial charge in [-0.25, -0.2) is 4.98 Å². The summed E-state index contributed by atoms with van der Waals surface area (Å²) in [5.74, 6) is -4.06. The molecule has 2 rings (SSSR count). The first-order valence-electron chi connectivity index (χ1n) is 5.52. The summed E-state index contributed by atoms with van der Waals surface area (Å²) in [4.78, 5) is 25.8. The van der Waals surface area contributed by atoms with E-state index in [2.05, 4.69) is 4.98 Å². The van der Waals surface area contributed by atoms with Gasteiger partial charge >= 0.3 is 11.9 Å². The fourth-order valence-corrected chi connectivity index (χ4v) is 2.31. The third-order valence-electron chi connectivity index (χ3n) is 2.67. The molecule has 0 aliphatic heterocycles. The van der Waals surface area contributed by atoms with E-state index in [4.69, 9.17) is 10.2 Å². The molecule has 0 saturated heterocycles. The minimum atomic E-state index is -1.41. The Bertz CT molecular complexity index is 563. The van der Waals surface area contributed by atoms with Crippen LogP contribution in [0.15, 0.2) is 35.8 Å². The highest BCUT2D eigenvalue weighted by atomic mass is 32.1. The quantitative estimate of drug-likeness (QED) is 0.817. The van der Waals surface area contributed by atoms with Crippen LogP contribution >= 0.6 is 11.3 Å². The van der Waals surface area contributed by atoms with Gasteiger partial charge in [0.15, 0.2) is 5.92 Å². The number of thiazole rings is 1. The number of nitrogens with zero attached hydrogens (tertiary/aromatic N) is 1. The second kappa shape index (κ2) is 5.62. The molecule has 2 N–H and O–H groups in total. The third kappa shape index (κ3) is 3.17. The third-order valence-corrected chi connectivity index (χ3v) is 3.49. The fourth-order valence-electron chi connectivity index (χ4n) is 1.67. The molecule has 98 valence electrons. The maximum absolute atomic E-state index is 10.8. The van der Waals surface area contributed by atoms with Gasteiger partial charge in [-0.2, -0.15) is 0 Å². The van der Waals surface area contributed by atoms with Crippen molar-refractivity contribution >= 4 is 23.3 Å². The lowest BCUT2D eigenvalue weighted by molar-refractivity contribution is -0.154. The number of rotatable bonds is 5. The summed E-state index contributed by atoms with van der Waals surface area (Å²) >= 11 is 1.51. The van der Waals surface area contributed by atoms with E-state index in [1.165, 1.54) is 11.3 Å². The van der Waals surface area contributed by atoms with Crippen molar-refractivity contribution in [1.29, 1.82) is 0 Å². The Balaban J connectivity index is 2.15. The highest BCUT2D eigenvalue weighted by Gasteiger charge is 2.25. The molecule has 5 nitrogen and oxygen atoms in total. The van der Waals surface area contributed by atoms with Crippen molar-refractivity contribution in [2.75, 3.05) is 0 Å². The predicted octanol–water partition coefficient (Wildman–Crippen LogP) is 2.14. The van der Waals surface area contributed by atoms with Crippen molar-refractivity contribution in [3.63, 3.8) is 0 Å². The predicted molar refractivity (Wildman–Crippen MR) is 70.0 cm³/mol. The van der Waals surface area contributed by atoms with E-state index in [9.17, 15) is 9.59 Å². The largest absolute Gasteiger partial charge is 0.481 e. The molecule has 0 atom stereocenters. The van der Waals surface area contributed by atoms with Gasteiger partial charge in [0.25, 0.3) is 0 Å². The number of carboxylic acids is 2. The summed E-state index contributed by atoms with van der Waals surface area (Å²) in [5, 5.41) is 20.4. The maximum Gasteiger partial charge on any atom is 0.318 e. The SMILES string of the molecule is O=C(O)C(Cc1ccc(-c2nccs2)cc1)C(=O)O. The average molecular weight is 277 g/mol. The van der Waals surface area contributed by atoms with Crippen LogP contribution in [0.3, 0.4) is 0 Å². The first kappa shape index (κ1) is 13.2. The van der Waals surface area contributed by atoms with E-state index < -0.39 is 17.9 Å². The van der Waals surface area contributed by atoms with Crippen molar-refractivity contribution in [3.8, 4) is 10.6 Å². The summed E-state index contributed by atoms with van der Waals surface area (Å²) < 4.78 is 0. The highest BCUT2D eigenvalue weighted by Crippen LogP contribution is 2.22. The van der Waals surface area contributed by atoms with Gasteiger partial charge in [0.2, 0.25) is 0 Å². The van der Waals surface area contributed by atoms with Gasteiger partial charge in [0, 0.05) is 17.1 Å². The molecular formula is C13H11NO4S. The second-order valence-corrected chi connectivity index (χ2v) is 4.86. The number of hydrogen-bond acceptors (Lipinski definition) is 4. The van der Waals surface area contributed by atoms with E-state index in [0.717, 1.165) is 10.6 Å². The van der Waals surface area contributed by atoms with Crippen molar-refractivity contribution in [2.45, 2.75) is 6.42 Å². The van der Waals surface area contributed by atoms with Crippen LogP contribution in [0.1, 0.15) is 5.56 Å². The normalized spacial score (nSPS) is 10.6. The molecule has 1 aromatic heterocycles. The van der Waals surface area contributed by atoms with Crippen molar-refractivity contribution in [1.82, 2.24) is 4.98 Å². The van der Waals surface area contributed by atoms with Crippen LogP contribution in [0.5, 0.6) is 0 Å². The Labute approximate surface area is 113 Å². The first-order valence-corrected chi connectivity index (χ1v) is 6.40. The standard InChI is InChI=1S/C13H11NO4S/c15-12(16)10(13(17)18)7-8-1-3-9(4-2-8)11-14-5-6-19-11/h1-6,10H,7H2,(H,15,16)(H,17,18). The number of carbonyl (C=O) groups is 2. The minimum Gasteiger partial charge on any atom is -0.481 e. The first-order chi connectivity index (χ1) is 9.08. The van der Waals surface area contributed by atoms with E-state index in [-0.39, 0.29) is 6.42 Å². The average Bonchev–Trinajstić information content (AvgIpc) is 2.89. The van der Waals surface area contributed by atoms with Gasteiger partial charge in [-0.1, -0.05) is 24.3 Å². The van der Waals surface area contributed by atoms with Crippen LogP contribution in [0.2, 0.25) is 0 Å². The van der Waals surface area contributed by atoms with Gasteiger partial charge in [0.05, 0.1) is 0 Å². The lowest BCUT2D eigenvalue weighted by Crippen LogP contribution is -2.25. The van der Waals surface area contributed by atoms with Crippen molar-refractivity contribution < 1.29 is 19.8 Å². The Morgan fingerprint density at radius 3 is 2.26 bits per heavy atom. The molecule has 0 radical (unpaired) electrons. The molecule has 1 heterocycles. The summed E-state index contributed by atoms with van der Waals surface area (Å²) in [7, 11) is 0. The number of carboxylic acid groups (broad SMARTS) is 2. The van der Waals surface area contributed by atoms with Gasteiger partial charge in [-0.05, 0) is 12.0 Å². The molecule has 0 bridgehead atoms. The summed E-state index contributed by atoms with van der Waals surface area (Å²) in [6, 6.07) is 7.09. The molecule has 0 saturated carbocycles. The fraction of sp³-hybridized carbons (Fsp3) is 0.154. The molecule has 1 aromatic carbocycles. The van der Waals surface area contributed by atoms with Crippen LogP contribution in [0.25, 0.3) is 10.6 Å². The van der Waals surface area contributed by atoms with E-state index in [0.29, 0.717) is 5.56 Å². The van der Waals surface area contributed by atoms with Crippen LogP contribution < -0.4 is 0 Å². The van der Waals surface area contributed by atoms with Crippen molar-refractivity contribution in [3.05, 3.63) is 41.4 Å². The molecule has 19 heavy (non-hydrogen) atoms. The molecule has 0 spiro atoms. The number of benzene rings is 1. The Hall–Kier alpha value is -2.21. The van der Waals surface area contributed by atoms with E-state index in [1.807, 2.05) is 17.5 Å². The molecule has 6 heteroatoms. The smallest absolute Gasteiger partial charge is 0.318 e. The lowest BCUT2D eigenvalue weighted by atomic mass is 9.99. The minimum absolute atomic E-state index is 0.0250. The topological polar surface area (TPSA) is 87.5 Å². The molecule has 0 aliphatic carbocycles. The number of aliphatic carboxylic acids is 2. The molecule has 0 fully saturated rings. The van der Waals surface area contributed by atoms with Crippen LogP contribution in [0, 0.1) is 5.92 Å². The monoisotopic (exact) mass is 277 g/mol. The van der Waals surface area contributed by atoms with Crippen LogP contribution in [0.4, 0.5) is 0 Å². The van der Waals surface area contributed by atoms with Crippen LogP contribution in [-0.4, -0.2) is 27.1 Å². The van der Waals surface area contributed by atoms with Gasteiger partial charge in [0.1, 0.15) is 5.01 Å². The van der Waals surface area contributed by atoms with E-state index >= 15 is 0 Å². The van der Waals surface area contributed by atoms with Crippen molar-refractivity contribution in [2.24, 2.45) is 5.92 Å². The Morgan fingerprint density at radius 1 is 1.16 bits per heavy atom. The number of aromatic nitrogens is 1. The Kier molecular flexibility index (Phi) is 3.91. The summed E-state index contributed by atoms with van der Waals surface area (Å²) in [6.07, 6.45) is 1.68. The summed E-state index contributed by atoms with van der Waals surface area (Å²) in [5.41, 5.74) is 1.61. The highest BCUT2D eigenvalue weighted by molar-refractivity contribution is 7.13. The Morgan fingerprint density at radius 2 is 1.79 bits per heavy atom. The zero-order valence-electron chi connectivity index (χ0n) is 9.81. The zero-order chi connectivity index (χ0) is 13.8. The zero-order valence-corrected chi connectivity index (χ0v) is 10.6.